The number of benzene rings is 1. The van der Waals surface area contributed by atoms with Gasteiger partial charge < -0.3 is 14.8 Å². The molecule has 0 atom stereocenters. The number of hydrogen-bond acceptors (Lipinski definition) is 4. The maximum absolute atomic E-state index is 12.1. The lowest BCUT2D eigenvalue weighted by Gasteiger charge is -2.09. The van der Waals surface area contributed by atoms with E-state index < -0.39 is 0 Å². The summed E-state index contributed by atoms with van der Waals surface area (Å²) in [5.74, 6) is 1.36. The predicted molar refractivity (Wildman–Crippen MR) is 69.5 cm³/mol. The molecule has 1 saturated carbocycles. The second kappa shape index (κ2) is 5.87. The number of carbonyl (C=O) groups is 1. The van der Waals surface area contributed by atoms with Crippen LogP contribution in [-0.2, 0) is 0 Å². The molecule has 18 heavy (non-hydrogen) atoms. The fourth-order valence-corrected chi connectivity index (χ4v) is 1.84. The maximum atomic E-state index is 12.1. The van der Waals surface area contributed by atoms with E-state index in [9.17, 15) is 4.79 Å². The van der Waals surface area contributed by atoms with Crippen LogP contribution in [0.3, 0.4) is 0 Å². The first-order valence-corrected chi connectivity index (χ1v) is 6.23. The molecule has 2 rings (SSSR count). The molecule has 0 aromatic heterocycles. The molecule has 0 spiro atoms. The van der Waals surface area contributed by atoms with Gasteiger partial charge in [0.25, 0.3) is 0 Å². The Hall–Kier alpha value is -1.55. The molecule has 1 aromatic carbocycles. The van der Waals surface area contributed by atoms with Gasteiger partial charge in [0.15, 0.2) is 5.78 Å². The first kappa shape index (κ1) is 12.9. The summed E-state index contributed by atoms with van der Waals surface area (Å²) in [6, 6.07) is 5.92. The third kappa shape index (κ3) is 3.23. The van der Waals surface area contributed by atoms with Crippen molar-refractivity contribution in [2.45, 2.75) is 25.3 Å². The van der Waals surface area contributed by atoms with Crippen LogP contribution in [0.4, 0.5) is 0 Å². The van der Waals surface area contributed by atoms with Crippen LogP contribution in [0.15, 0.2) is 18.2 Å². The maximum Gasteiger partial charge on any atom is 0.168 e. The largest absolute Gasteiger partial charge is 0.497 e. The Bertz CT molecular complexity index is 427. The zero-order chi connectivity index (χ0) is 13.0. The van der Waals surface area contributed by atoms with Gasteiger partial charge in [-0.1, -0.05) is 0 Å². The van der Waals surface area contributed by atoms with Crippen molar-refractivity contribution >= 4 is 5.78 Å². The van der Waals surface area contributed by atoms with E-state index in [4.69, 9.17) is 9.47 Å². The molecule has 4 nitrogen and oxygen atoms in total. The third-order valence-electron chi connectivity index (χ3n) is 3.07. The highest BCUT2D eigenvalue weighted by atomic mass is 16.5. The highest BCUT2D eigenvalue weighted by molar-refractivity contribution is 5.99. The van der Waals surface area contributed by atoms with Gasteiger partial charge >= 0.3 is 0 Å². The number of rotatable bonds is 7. The smallest absolute Gasteiger partial charge is 0.168 e. The summed E-state index contributed by atoms with van der Waals surface area (Å²) in [7, 11) is 3.16. The summed E-state index contributed by atoms with van der Waals surface area (Å²) in [4.78, 5) is 12.1. The highest BCUT2D eigenvalue weighted by Gasteiger charge is 2.21. The number of nitrogens with one attached hydrogen (secondary N) is 1. The second-order valence-electron chi connectivity index (χ2n) is 4.47. The van der Waals surface area contributed by atoms with Gasteiger partial charge in [-0.3, -0.25) is 4.79 Å². The molecular weight excluding hydrogens is 230 g/mol. The van der Waals surface area contributed by atoms with Crippen LogP contribution in [0.5, 0.6) is 11.5 Å². The van der Waals surface area contributed by atoms with Crippen LogP contribution >= 0.6 is 0 Å². The lowest BCUT2D eigenvalue weighted by Crippen LogP contribution is -2.20. The number of hydrogen-bond donors (Lipinski definition) is 1. The lowest BCUT2D eigenvalue weighted by molar-refractivity contribution is 0.0979. The fourth-order valence-electron chi connectivity index (χ4n) is 1.84. The fraction of sp³-hybridized carbons (Fsp3) is 0.500. The molecule has 1 aliphatic carbocycles. The quantitative estimate of drug-likeness (QED) is 0.751. The predicted octanol–water partition coefficient (Wildman–Crippen LogP) is 2.03. The van der Waals surface area contributed by atoms with Crippen molar-refractivity contribution < 1.29 is 14.3 Å². The SMILES string of the molecule is COc1ccc(OC)c(C(=O)CCNC2CC2)c1. The van der Waals surface area contributed by atoms with E-state index in [2.05, 4.69) is 5.32 Å². The van der Waals surface area contributed by atoms with Gasteiger partial charge in [0.1, 0.15) is 11.5 Å². The van der Waals surface area contributed by atoms with E-state index in [1.54, 1.807) is 32.4 Å². The summed E-state index contributed by atoms with van der Waals surface area (Å²) in [5.41, 5.74) is 0.592. The first-order chi connectivity index (χ1) is 8.74. The van der Waals surface area contributed by atoms with Crippen molar-refractivity contribution in [2.75, 3.05) is 20.8 Å². The van der Waals surface area contributed by atoms with Crippen LogP contribution in [0.25, 0.3) is 0 Å². The van der Waals surface area contributed by atoms with Gasteiger partial charge in [0.05, 0.1) is 19.8 Å². The van der Waals surface area contributed by atoms with E-state index in [0.717, 1.165) is 6.54 Å². The van der Waals surface area contributed by atoms with Gasteiger partial charge in [0, 0.05) is 19.0 Å². The zero-order valence-electron chi connectivity index (χ0n) is 10.9. The molecule has 0 saturated heterocycles. The van der Waals surface area contributed by atoms with Crippen LogP contribution in [-0.4, -0.2) is 32.6 Å². The van der Waals surface area contributed by atoms with Gasteiger partial charge in [-0.2, -0.15) is 0 Å². The third-order valence-corrected chi connectivity index (χ3v) is 3.07. The number of Topliss-reactive ketones (excluding diaryl/α,β-unsaturated/α-hetero) is 1. The Morgan fingerprint density at radius 3 is 2.72 bits per heavy atom. The molecule has 1 fully saturated rings. The monoisotopic (exact) mass is 249 g/mol. The van der Waals surface area contributed by atoms with E-state index in [-0.39, 0.29) is 5.78 Å². The number of ether oxygens (including phenoxy) is 2. The number of ketones is 1. The van der Waals surface area contributed by atoms with Crippen molar-refractivity contribution in [3.8, 4) is 11.5 Å². The molecule has 1 aromatic rings. The zero-order valence-corrected chi connectivity index (χ0v) is 10.9. The first-order valence-electron chi connectivity index (χ1n) is 6.23. The Balaban J connectivity index is 2.01. The minimum atomic E-state index is 0.0823. The average molecular weight is 249 g/mol. The van der Waals surface area contributed by atoms with Crippen LogP contribution in [0.2, 0.25) is 0 Å². The Kier molecular flexibility index (Phi) is 4.20. The summed E-state index contributed by atoms with van der Waals surface area (Å²) < 4.78 is 10.3. The highest BCUT2D eigenvalue weighted by Crippen LogP contribution is 2.25. The van der Waals surface area contributed by atoms with Gasteiger partial charge in [-0.05, 0) is 31.0 Å². The van der Waals surface area contributed by atoms with Crippen molar-refractivity contribution in [3.05, 3.63) is 23.8 Å². The summed E-state index contributed by atoms with van der Waals surface area (Å²) in [6.07, 6.45) is 2.95. The lowest BCUT2D eigenvalue weighted by atomic mass is 10.1. The van der Waals surface area contributed by atoms with E-state index in [1.165, 1.54) is 12.8 Å². The Morgan fingerprint density at radius 2 is 2.11 bits per heavy atom. The van der Waals surface area contributed by atoms with Gasteiger partial charge in [0.2, 0.25) is 0 Å². The van der Waals surface area contributed by atoms with Crippen molar-refractivity contribution in [1.82, 2.24) is 5.32 Å². The van der Waals surface area contributed by atoms with Crippen molar-refractivity contribution in [1.29, 1.82) is 0 Å². The molecule has 4 heteroatoms. The minimum Gasteiger partial charge on any atom is -0.497 e. The number of carbonyl (C=O) groups excluding carboxylic acids is 1. The van der Waals surface area contributed by atoms with Crippen LogP contribution in [0.1, 0.15) is 29.6 Å². The number of methoxy groups -OCH3 is 2. The molecule has 0 bridgehead atoms. The van der Waals surface area contributed by atoms with Crippen LogP contribution < -0.4 is 14.8 Å². The molecule has 0 heterocycles. The Labute approximate surface area is 107 Å². The molecule has 0 radical (unpaired) electrons. The van der Waals surface area contributed by atoms with Gasteiger partial charge in [-0.15, -0.1) is 0 Å². The van der Waals surface area contributed by atoms with Crippen molar-refractivity contribution in [2.24, 2.45) is 0 Å². The topological polar surface area (TPSA) is 47.6 Å². The van der Waals surface area contributed by atoms with Crippen LogP contribution in [0, 0.1) is 0 Å². The normalized spacial score (nSPS) is 14.3. The van der Waals surface area contributed by atoms with E-state index in [1.807, 2.05) is 0 Å². The molecule has 1 aliphatic rings. The molecule has 1 N–H and O–H groups in total. The van der Waals surface area contributed by atoms with E-state index in [0.29, 0.717) is 29.5 Å². The average Bonchev–Trinajstić information content (AvgIpc) is 3.22. The molecule has 0 amide bonds. The van der Waals surface area contributed by atoms with E-state index >= 15 is 0 Å². The van der Waals surface area contributed by atoms with Gasteiger partial charge in [-0.25, -0.2) is 0 Å². The summed E-state index contributed by atoms with van der Waals surface area (Å²) in [6.45, 7) is 0.726. The summed E-state index contributed by atoms with van der Waals surface area (Å²) >= 11 is 0. The second-order valence-corrected chi connectivity index (χ2v) is 4.47. The van der Waals surface area contributed by atoms with Crippen molar-refractivity contribution in [3.63, 3.8) is 0 Å². The molecular formula is C14H19NO3. The minimum absolute atomic E-state index is 0.0823. The standard InChI is InChI=1S/C14H19NO3/c1-17-11-5-6-14(18-2)12(9-11)13(16)7-8-15-10-3-4-10/h5-6,9-10,15H,3-4,7-8H2,1-2H3. The molecule has 0 unspecified atom stereocenters. The molecule has 0 aliphatic heterocycles. The Morgan fingerprint density at radius 1 is 1.33 bits per heavy atom. The summed E-state index contributed by atoms with van der Waals surface area (Å²) in [5, 5.41) is 3.33. The molecule has 98 valence electrons.